The van der Waals surface area contributed by atoms with Crippen LogP contribution in [-0.4, -0.2) is 24.5 Å². The van der Waals surface area contributed by atoms with Gasteiger partial charge in [0.1, 0.15) is 11.5 Å². The van der Waals surface area contributed by atoms with Gasteiger partial charge in [-0.1, -0.05) is 36.2 Å². The highest BCUT2D eigenvalue weighted by Gasteiger charge is 2.08. The first kappa shape index (κ1) is 15.7. The van der Waals surface area contributed by atoms with Crippen molar-refractivity contribution in [1.29, 1.82) is 0 Å². The van der Waals surface area contributed by atoms with Crippen LogP contribution in [0.15, 0.2) is 36.8 Å². The summed E-state index contributed by atoms with van der Waals surface area (Å²) < 4.78 is 3.88. The quantitative estimate of drug-likeness (QED) is 0.690. The number of aromatic nitrogens is 5. The highest BCUT2D eigenvalue weighted by molar-refractivity contribution is 6.31. The molecule has 3 aromatic rings. The Hall–Kier alpha value is -2.14. The van der Waals surface area contributed by atoms with E-state index in [4.69, 9.17) is 11.6 Å². The van der Waals surface area contributed by atoms with Crippen molar-refractivity contribution < 1.29 is 0 Å². The number of halogens is 1. The average Bonchev–Trinajstić information content (AvgIpc) is 3.18. The van der Waals surface area contributed by atoms with Crippen LogP contribution in [0.4, 0.5) is 0 Å². The number of hydrogen-bond donors (Lipinski definition) is 0. The summed E-state index contributed by atoms with van der Waals surface area (Å²) in [6.45, 7) is 4.85. The number of hydrogen-bond acceptors (Lipinski definition) is 3. The van der Waals surface area contributed by atoms with Crippen LogP contribution in [0.25, 0.3) is 5.69 Å². The van der Waals surface area contributed by atoms with Crippen molar-refractivity contribution in [2.45, 2.75) is 39.7 Å². The molecule has 3 rings (SSSR count). The highest BCUT2D eigenvalue weighted by Crippen LogP contribution is 2.19. The van der Waals surface area contributed by atoms with E-state index in [0.717, 1.165) is 47.1 Å². The van der Waals surface area contributed by atoms with Gasteiger partial charge in [-0.3, -0.25) is 0 Å². The van der Waals surface area contributed by atoms with Crippen LogP contribution >= 0.6 is 11.6 Å². The molecule has 0 saturated carbocycles. The molecule has 0 radical (unpaired) electrons. The van der Waals surface area contributed by atoms with Gasteiger partial charge in [-0.15, -0.1) is 5.10 Å². The molecular formula is C17H20ClN5. The molecule has 0 unspecified atom stereocenters. The van der Waals surface area contributed by atoms with Gasteiger partial charge in [0, 0.05) is 23.8 Å². The van der Waals surface area contributed by atoms with E-state index in [9.17, 15) is 0 Å². The zero-order valence-electron chi connectivity index (χ0n) is 13.4. The Morgan fingerprint density at radius 3 is 2.91 bits per heavy atom. The van der Waals surface area contributed by atoms with Gasteiger partial charge in [-0.05, 0) is 31.0 Å². The molecule has 23 heavy (non-hydrogen) atoms. The summed E-state index contributed by atoms with van der Waals surface area (Å²) in [5.74, 6) is 1.10. The largest absolute Gasteiger partial charge is 0.329 e. The predicted octanol–water partition coefficient (Wildman–Crippen LogP) is 3.82. The number of benzene rings is 1. The molecule has 120 valence electrons. The van der Waals surface area contributed by atoms with Crippen LogP contribution in [0.3, 0.4) is 0 Å². The Bertz CT molecular complexity index is 790. The van der Waals surface area contributed by atoms with Crippen LogP contribution < -0.4 is 0 Å². The van der Waals surface area contributed by atoms with E-state index in [-0.39, 0.29) is 0 Å². The highest BCUT2D eigenvalue weighted by atomic mass is 35.5. The van der Waals surface area contributed by atoms with E-state index in [1.165, 1.54) is 0 Å². The Kier molecular flexibility index (Phi) is 4.76. The molecule has 0 aliphatic rings. The smallest absolute Gasteiger partial charge is 0.108 e. The minimum absolute atomic E-state index is 0.679. The second-order valence-corrected chi connectivity index (χ2v) is 6.07. The fourth-order valence-electron chi connectivity index (χ4n) is 2.44. The third-order valence-corrected chi connectivity index (χ3v) is 4.26. The van der Waals surface area contributed by atoms with Gasteiger partial charge in [0.2, 0.25) is 0 Å². The molecule has 2 aromatic heterocycles. The molecule has 0 N–H and O–H groups in total. The second-order valence-electron chi connectivity index (χ2n) is 5.66. The molecular weight excluding hydrogens is 310 g/mol. The van der Waals surface area contributed by atoms with Gasteiger partial charge < -0.3 is 4.57 Å². The molecule has 5 nitrogen and oxygen atoms in total. The van der Waals surface area contributed by atoms with Crippen LogP contribution in [0.1, 0.15) is 36.8 Å². The minimum Gasteiger partial charge on any atom is -0.329 e. The van der Waals surface area contributed by atoms with Gasteiger partial charge in [0.05, 0.1) is 18.4 Å². The first-order valence-corrected chi connectivity index (χ1v) is 8.23. The number of rotatable bonds is 6. The third-order valence-electron chi connectivity index (χ3n) is 3.85. The standard InChI is InChI=1S/C17H20ClN5/c1-3-4-5-17-19-8-9-22(17)11-14-12-23(21-20-14)15-7-6-13(2)16(18)10-15/h6-10,12H,3-5,11H2,1-2H3. The maximum atomic E-state index is 6.18. The lowest BCUT2D eigenvalue weighted by molar-refractivity contribution is 0.668. The van der Waals surface area contributed by atoms with E-state index >= 15 is 0 Å². The van der Waals surface area contributed by atoms with E-state index < -0.39 is 0 Å². The normalized spacial score (nSPS) is 11.1. The molecule has 2 heterocycles. The zero-order chi connectivity index (χ0) is 16.2. The first-order valence-electron chi connectivity index (χ1n) is 7.85. The van der Waals surface area contributed by atoms with Crippen molar-refractivity contribution in [3.05, 3.63) is 58.9 Å². The molecule has 0 atom stereocenters. The fourth-order valence-corrected chi connectivity index (χ4v) is 2.62. The SMILES string of the molecule is CCCCc1nccn1Cc1cn(-c2ccc(C)c(Cl)c2)nn1. The van der Waals surface area contributed by atoms with E-state index in [1.54, 1.807) is 4.68 Å². The maximum Gasteiger partial charge on any atom is 0.108 e. The number of aryl methyl sites for hydroxylation is 2. The van der Waals surface area contributed by atoms with Gasteiger partial charge in [-0.2, -0.15) is 0 Å². The monoisotopic (exact) mass is 329 g/mol. The number of nitrogens with zero attached hydrogens (tertiary/aromatic N) is 5. The lowest BCUT2D eigenvalue weighted by atomic mass is 10.2. The topological polar surface area (TPSA) is 48.5 Å². The van der Waals surface area contributed by atoms with Crippen molar-refractivity contribution in [3.63, 3.8) is 0 Å². The summed E-state index contributed by atoms with van der Waals surface area (Å²) in [6, 6.07) is 5.88. The molecule has 0 saturated heterocycles. The molecule has 1 aromatic carbocycles. The van der Waals surface area contributed by atoms with Gasteiger partial charge >= 0.3 is 0 Å². The van der Waals surface area contributed by atoms with E-state index in [0.29, 0.717) is 6.54 Å². The van der Waals surface area contributed by atoms with Crippen molar-refractivity contribution in [1.82, 2.24) is 24.5 Å². The Morgan fingerprint density at radius 2 is 2.13 bits per heavy atom. The van der Waals surface area contributed by atoms with Crippen molar-refractivity contribution in [2.75, 3.05) is 0 Å². The van der Waals surface area contributed by atoms with Gasteiger partial charge in [0.15, 0.2) is 0 Å². The maximum absolute atomic E-state index is 6.18. The predicted molar refractivity (Wildman–Crippen MR) is 91.0 cm³/mol. The average molecular weight is 330 g/mol. The van der Waals surface area contributed by atoms with Crippen LogP contribution in [-0.2, 0) is 13.0 Å². The summed E-state index contributed by atoms with van der Waals surface area (Å²) in [7, 11) is 0. The van der Waals surface area contributed by atoms with E-state index in [2.05, 4.69) is 26.8 Å². The summed E-state index contributed by atoms with van der Waals surface area (Å²) >= 11 is 6.18. The first-order chi connectivity index (χ1) is 11.2. The number of unbranched alkanes of at least 4 members (excludes halogenated alkanes) is 1. The Balaban J connectivity index is 1.77. The lowest BCUT2D eigenvalue weighted by Crippen LogP contribution is -2.04. The van der Waals surface area contributed by atoms with Gasteiger partial charge in [0.25, 0.3) is 0 Å². The second kappa shape index (κ2) is 6.96. The van der Waals surface area contributed by atoms with E-state index in [1.807, 2.05) is 43.7 Å². The van der Waals surface area contributed by atoms with Crippen molar-refractivity contribution in [2.24, 2.45) is 0 Å². The summed E-state index contributed by atoms with van der Waals surface area (Å²) in [4.78, 5) is 4.43. The molecule has 0 fully saturated rings. The Labute approximate surface area is 140 Å². The minimum atomic E-state index is 0.679. The summed E-state index contributed by atoms with van der Waals surface area (Å²) in [5, 5.41) is 9.20. The molecule has 6 heteroatoms. The fraction of sp³-hybridized carbons (Fsp3) is 0.353. The Morgan fingerprint density at radius 1 is 1.26 bits per heavy atom. The molecule has 0 bridgehead atoms. The van der Waals surface area contributed by atoms with Crippen molar-refractivity contribution in [3.8, 4) is 5.69 Å². The zero-order valence-corrected chi connectivity index (χ0v) is 14.2. The molecule has 0 amide bonds. The molecule has 0 aliphatic heterocycles. The van der Waals surface area contributed by atoms with Crippen LogP contribution in [0.2, 0.25) is 5.02 Å². The number of imidazole rings is 1. The third kappa shape index (κ3) is 3.62. The van der Waals surface area contributed by atoms with Gasteiger partial charge in [-0.25, -0.2) is 9.67 Å². The van der Waals surface area contributed by atoms with Crippen LogP contribution in [0, 0.1) is 6.92 Å². The molecule has 0 spiro atoms. The lowest BCUT2D eigenvalue weighted by Gasteiger charge is -2.05. The summed E-state index contributed by atoms with van der Waals surface area (Å²) in [5.41, 5.74) is 2.86. The summed E-state index contributed by atoms with van der Waals surface area (Å²) in [6.07, 6.45) is 9.07. The van der Waals surface area contributed by atoms with Crippen LogP contribution in [0.5, 0.6) is 0 Å². The molecule has 0 aliphatic carbocycles. The van der Waals surface area contributed by atoms with Crippen molar-refractivity contribution >= 4 is 11.6 Å².